The molecular formula is C13H16O6. The van der Waals surface area contributed by atoms with Crippen LogP contribution in [0.5, 0.6) is 17.2 Å². The zero-order valence-corrected chi connectivity index (χ0v) is 11.5. The number of carbonyl (C=O) groups is 2. The number of carbonyl (C=O) groups excluding carboxylic acids is 2. The number of aromatic hydroxyl groups is 1. The molecule has 0 amide bonds. The Balaban J connectivity index is 3.65. The lowest BCUT2D eigenvalue weighted by Crippen LogP contribution is -2.11. The van der Waals surface area contributed by atoms with Crippen LogP contribution in [-0.4, -0.2) is 31.3 Å². The summed E-state index contributed by atoms with van der Waals surface area (Å²) in [5.41, 5.74) is 0.666. The van der Waals surface area contributed by atoms with Gasteiger partial charge >= 0.3 is 11.9 Å². The number of methoxy groups -OCH3 is 2. The summed E-state index contributed by atoms with van der Waals surface area (Å²) in [5, 5.41) is 10.0. The van der Waals surface area contributed by atoms with Gasteiger partial charge in [-0.15, -0.1) is 0 Å². The molecule has 0 bridgehead atoms. The normalized spacial score (nSPS) is 9.95. The van der Waals surface area contributed by atoms with Crippen LogP contribution in [0.25, 0.3) is 0 Å². The molecule has 0 aliphatic carbocycles. The quantitative estimate of drug-likeness (QED) is 0.664. The maximum atomic E-state index is 11.7. The minimum Gasteiger partial charge on any atom is -0.504 e. The third-order valence-electron chi connectivity index (χ3n) is 2.69. The number of esters is 2. The lowest BCUT2D eigenvalue weighted by molar-refractivity contribution is -0.132. The molecule has 0 saturated heterocycles. The Kier molecular flexibility index (Phi) is 4.37. The molecule has 1 N–H and O–H groups in total. The number of ether oxygens (including phenoxy) is 3. The van der Waals surface area contributed by atoms with Crippen molar-refractivity contribution in [3.63, 3.8) is 0 Å². The van der Waals surface area contributed by atoms with Crippen molar-refractivity contribution in [1.82, 2.24) is 0 Å². The van der Waals surface area contributed by atoms with Crippen molar-refractivity contribution < 1.29 is 28.9 Å². The summed E-state index contributed by atoms with van der Waals surface area (Å²) in [6.07, 6.45) is 0. The molecule has 0 fully saturated rings. The molecular weight excluding hydrogens is 252 g/mol. The molecule has 6 heteroatoms. The summed E-state index contributed by atoms with van der Waals surface area (Å²) < 4.78 is 14.7. The number of hydrogen-bond acceptors (Lipinski definition) is 6. The van der Waals surface area contributed by atoms with Gasteiger partial charge in [-0.25, -0.2) is 4.79 Å². The molecule has 0 spiro atoms. The summed E-state index contributed by atoms with van der Waals surface area (Å²) in [4.78, 5) is 22.8. The highest BCUT2D eigenvalue weighted by atomic mass is 16.5. The Morgan fingerprint density at radius 3 is 2.05 bits per heavy atom. The van der Waals surface area contributed by atoms with Crippen LogP contribution in [0.2, 0.25) is 0 Å². The zero-order chi connectivity index (χ0) is 14.7. The molecule has 1 aromatic carbocycles. The van der Waals surface area contributed by atoms with Crippen molar-refractivity contribution in [2.24, 2.45) is 0 Å². The van der Waals surface area contributed by atoms with E-state index in [1.165, 1.54) is 21.1 Å². The first-order valence-electron chi connectivity index (χ1n) is 5.51. The summed E-state index contributed by atoms with van der Waals surface area (Å²) in [6.45, 7) is 4.41. The van der Waals surface area contributed by atoms with Gasteiger partial charge in [0.15, 0.2) is 11.5 Å². The first kappa shape index (κ1) is 14.8. The van der Waals surface area contributed by atoms with Gasteiger partial charge in [-0.3, -0.25) is 4.79 Å². The van der Waals surface area contributed by atoms with Crippen LogP contribution < -0.4 is 9.47 Å². The number of hydrogen-bond donors (Lipinski definition) is 1. The molecule has 19 heavy (non-hydrogen) atoms. The molecule has 0 aliphatic heterocycles. The van der Waals surface area contributed by atoms with Crippen molar-refractivity contribution in [2.75, 3.05) is 14.2 Å². The van der Waals surface area contributed by atoms with E-state index in [2.05, 4.69) is 4.74 Å². The molecule has 0 saturated carbocycles. The predicted octanol–water partition coefficient (Wildman–Crippen LogP) is 1.73. The highest BCUT2D eigenvalue weighted by Gasteiger charge is 2.26. The third-order valence-corrected chi connectivity index (χ3v) is 2.69. The summed E-state index contributed by atoms with van der Waals surface area (Å²) in [7, 11) is 2.54. The number of phenols is 1. The van der Waals surface area contributed by atoms with Crippen molar-refractivity contribution in [3.05, 3.63) is 16.7 Å². The number of rotatable bonds is 3. The smallest absolute Gasteiger partial charge is 0.342 e. The third kappa shape index (κ3) is 2.62. The van der Waals surface area contributed by atoms with E-state index in [4.69, 9.17) is 9.47 Å². The molecule has 0 atom stereocenters. The fourth-order valence-corrected chi connectivity index (χ4v) is 1.87. The Hall–Kier alpha value is -2.24. The lowest BCUT2D eigenvalue weighted by atomic mass is 10.0. The van der Waals surface area contributed by atoms with Crippen LogP contribution >= 0.6 is 0 Å². The van der Waals surface area contributed by atoms with Gasteiger partial charge in [0.25, 0.3) is 0 Å². The second kappa shape index (κ2) is 5.60. The largest absolute Gasteiger partial charge is 0.504 e. The maximum Gasteiger partial charge on any atom is 0.342 e. The second-order valence-electron chi connectivity index (χ2n) is 3.92. The molecule has 0 aromatic heterocycles. The van der Waals surface area contributed by atoms with Crippen molar-refractivity contribution >= 4 is 11.9 Å². The van der Waals surface area contributed by atoms with E-state index >= 15 is 0 Å². The Bertz CT molecular complexity index is 533. The SMILES string of the molecule is COC(=O)c1c(C)c(OC(C)=O)c(C)c(OC)c1O. The molecule has 0 heterocycles. The molecule has 1 aromatic rings. The summed E-state index contributed by atoms with van der Waals surface area (Å²) in [6, 6.07) is 0. The summed E-state index contributed by atoms with van der Waals surface area (Å²) >= 11 is 0. The minimum absolute atomic E-state index is 0.0715. The number of benzene rings is 1. The monoisotopic (exact) mass is 268 g/mol. The van der Waals surface area contributed by atoms with Crippen LogP contribution in [-0.2, 0) is 9.53 Å². The lowest BCUT2D eigenvalue weighted by Gasteiger charge is -2.17. The Labute approximate surface area is 110 Å². The minimum atomic E-state index is -0.735. The summed E-state index contributed by atoms with van der Waals surface area (Å²) in [5.74, 6) is -1.35. The van der Waals surface area contributed by atoms with Gasteiger partial charge in [0.05, 0.1) is 14.2 Å². The van der Waals surface area contributed by atoms with E-state index in [0.29, 0.717) is 11.1 Å². The van der Waals surface area contributed by atoms with Gasteiger partial charge in [0.2, 0.25) is 0 Å². The molecule has 0 aliphatic rings. The molecule has 104 valence electrons. The van der Waals surface area contributed by atoms with Crippen LogP contribution in [0.1, 0.15) is 28.4 Å². The van der Waals surface area contributed by atoms with E-state index in [1.54, 1.807) is 13.8 Å². The van der Waals surface area contributed by atoms with Crippen molar-refractivity contribution in [2.45, 2.75) is 20.8 Å². The maximum absolute atomic E-state index is 11.7. The average Bonchev–Trinajstić information content (AvgIpc) is 2.34. The fraction of sp³-hybridized carbons (Fsp3) is 0.385. The Morgan fingerprint density at radius 1 is 1.05 bits per heavy atom. The second-order valence-corrected chi connectivity index (χ2v) is 3.92. The van der Waals surface area contributed by atoms with Gasteiger partial charge in [-0.1, -0.05) is 0 Å². The predicted molar refractivity (Wildman–Crippen MR) is 66.8 cm³/mol. The van der Waals surface area contributed by atoms with Crippen LogP contribution in [0.3, 0.4) is 0 Å². The highest BCUT2D eigenvalue weighted by molar-refractivity contribution is 5.96. The molecule has 0 radical (unpaired) electrons. The highest BCUT2D eigenvalue weighted by Crippen LogP contribution is 2.43. The van der Waals surface area contributed by atoms with E-state index in [0.717, 1.165) is 0 Å². The number of phenolic OH excluding ortho intramolecular Hbond substituents is 1. The van der Waals surface area contributed by atoms with Gasteiger partial charge in [-0.05, 0) is 13.8 Å². The van der Waals surface area contributed by atoms with E-state index in [-0.39, 0.29) is 22.8 Å². The molecule has 6 nitrogen and oxygen atoms in total. The van der Waals surface area contributed by atoms with Crippen molar-refractivity contribution in [3.8, 4) is 17.2 Å². The van der Waals surface area contributed by atoms with Gasteiger partial charge < -0.3 is 19.3 Å². The van der Waals surface area contributed by atoms with Gasteiger partial charge in [-0.2, -0.15) is 0 Å². The van der Waals surface area contributed by atoms with Gasteiger partial charge in [0.1, 0.15) is 11.3 Å². The standard InChI is InChI=1S/C13H16O6/c1-6-9(13(16)18-5)10(15)12(17-4)7(2)11(6)19-8(3)14/h15H,1-5H3. The zero-order valence-electron chi connectivity index (χ0n) is 11.5. The van der Waals surface area contributed by atoms with E-state index in [9.17, 15) is 14.7 Å². The first-order valence-corrected chi connectivity index (χ1v) is 5.51. The first-order chi connectivity index (χ1) is 8.84. The van der Waals surface area contributed by atoms with Crippen LogP contribution in [0, 0.1) is 13.8 Å². The van der Waals surface area contributed by atoms with Gasteiger partial charge in [0, 0.05) is 18.1 Å². The Morgan fingerprint density at radius 2 is 1.63 bits per heavy atom. The topological polar surface area (TPSA) is 82.1 Å². The van der Waals surface area contributed by atoms with E-state index < -0.39 is 11.9 Å². The average molecular weight is 268 g/mol. The van der Waals surface area contributed by atoms with Crippen LogP contribution in [0.4, 0.5) is 0 Å². The fourth-order valence-electron chi connectivity index (χ4n) is 1.87. The van der Waals surface area contributed by atoms with Crippen molar-refractivity contribution in [1.29, 1.82) is 0 Å². The molecule has 0 unspecified atom stereocenters. The molecule has 1 rings (SSSR count). The van der Waals surface area contributed by atoms with Crippen LogP contribution in [0.15, 0.2) is 0 Å². The van der Waals surface area contributed by atoms with E-state index in [1.807, 2.05) is 0 Å².